The Morgan fingerprint density at radius 3 is 2.15 bits per heavy atom. The first-order chi connectivity index (χ1) is 12.6. The molecule has 3 rings (SSSR count). The zero-order valence-corrected chi connectivity index (χ0v) is 14.2. The minimum atomic E-state index is -1.52. The van der Waals surface area contributed by atoms with Gasteiger partial charge in [0.15, 0.2) is 23.6 Å². The molecule has 1 aliphatic rings. The molecule has 0 radical (unpaired) electrons. The average Bonchev–Trinajstić information content (AvgIpc) is 2.94. The molecule has 0 aliphatic carbocycles. The Kier molecular flexibility index (Phi) is 5.58. The lowest BCUT2D eigenvalue weighted by atomic mass is 9.91. The van der Waals surface area contributed by atoms with Gasteiger partial charge in [0.2, 0.25) is 0 Å². The monoisotopic (exact) mass is 352 g/mol. The van der Waals surface area contributed by atoms with Gasteiger partial charge in [0.05, 0.1) is 0 Å². The number of aliphatic hydroxyl groups excluding tert-OH is 1. The Hall–Kier alpha value is -2.79. The van der Waals surface area contributed by atoms with Crippen LogP contribution in [0.25, 0.3) is 0 Å². The van der Waals surface area contributed by atoms with Crippen LogP contribution in [0.2, 0.25) is 0 Å². The zero-order valence-electron chi connectivity index (χ0n) is 14.2. The molecule has 3 atom stereocenters. The van der Waals surface area contributed by atoms with Crippen molar-refractivity contribution in [2.24, 2.45) is 5.92 Å². The number of esters is 1. The van der Waals surface area contributed by atoms with Crippen molar-refractivity contribution in [2.75, 3.05) is 0 Å². The number of carbonyl (C=O) groups is 3. The van der Waals surface area contributed by atoms with Crippen LogP contribution in [0.4, 0.5) is 0 Å². The SMILES string of the molecule is O=C1O[C@@H](CCc2ccccc2)C(=O)C1C(=O)[C@H](O)Cc1ccccc1. The third kappa shape index (κ3) is 4.06. The van der Waals surface area contributed by atoms with Crippen LogP contribution in [-0.4, -0.2) is 34.9 Å². The summed E-state index contributed by atoms with van der Waals surface area (Å²) in [5.74, 6) is -3.71. The first kappa shape index (κ1) is 18.0. The summed E-state index contributed by atoms with van der Waals surface area (Å²) in [6.07, 6.45) is -1.39. The second-order valence-corrected chi connectivity index (χ2v) is 6.39. The molecule has 0 spiro atoms. The van der Waals surface area contributed by atoms with Gasteiger partial charge >= 0.3 is 5.97 Å². The van der Waals surface area contributed by atoms with E-state index in [2.05, 4.69) is 0 Å². The number of hydrogen-bond acceptors (Lipinski definition) is 5. The molecule has 0 saturated carbocycles. The van der Waals surface area contributed by atoms with E-state index in [9.17, 15) is 19.5 Å². The lowest BCUT2D eigenvalue weighted by molar-refractivity contribution is -0.149. The summed E-state index contributed by atoms with van der Waals surface area (Å²) in [4.78, 5) is 36.9. The summed E-state index contributed by atoms with van der Waals surface area (Å²) < 4.78 is 5.11. The Morgan fingerprint density at radius 2 is 1.54 bits per heavy atom. The minimum Gasteiger partial charge on any atom is -0.453 e. The van der Waals surface area contributed by atoms with Crippen LogP contribution in [-0.2, 0) is 32.0 Å². The van der Waals surface area contributed by atoms with E-state index in [4.69, 9.17) is 4.74 Å². The number of aliphatic hydroxyl groups is 1. The van der Waals surface area contributed by atoms with Crippen molar-refractivity contribution >= 4 is 17.5 Å². The molecule has 0 amide bonds. The van der Waals surface area contributed by atoms with Crippen molar-refractivity contribution in [2.45, 2.75) is 31.5 Å². The number of cyclic esters (lactones) is 1. The molecule has 5 heteroatoms. The Bertz CT molecular complexity index is 785. The van der Waals surface area contributed by atoms with Crippen LogP contribution in [0.15, 0.2) is 60.7 Å². The molecule has 2 aromatic rings. The number of hydrogen-bond donors (Lipinski definition) is 1. The van der Waals surface area contributed by atoms with Crippen molar-refractivity contribution in [3.63, 3.8) is 0 Å². The zero-order chi connectivity index (χ0) is 18.5. The van der Waals surface area contributed by atoms with Gasteiger partial charge in [-0.3, -0.25) is 14.4 Å². The largest absolute Gasteiger partial charge is 0.453 e. The third-order valence-electron chi connectivity index (χ3n) is 4.52. The Morgan fingerprint density at radius 1 is 0.962 bits per heavy atom. The molecule has 1 saturated heterocycles. The van der Waals surface area contributed by atoms with Crippen molar-refractivity contribution in [1.29, 1.82) is 0 Å². The molecule has 1 aliphatic heterocycles. The fourth-order valence-electron chi connectivity index (χ4n) is 3.10. The van der Waals surface area contributed by atoms with Crippen LogP contribution in [0.5, 0.6) is 0 Å². The molecule has 5 nitrogen and oxygen atoms in total. The van der Waals surface area contributed by atoms with E-state index in [0.29, 0.717) is 12.8 Å². The summed E-state index contributed by atoms with van der Waals surface area (Å²) in [6, 6.07) is 18.5. The molecule has 1 heterocycles. The highest BCUT2D eigenvalue weighted by atomic mass is 16.6. The van der Waals surface area contributed by atoms with Crippen LogP contribution in [0, 0.1) is 5.92 Å². The third-order valence-corrected chi connectivity index (χ3v) is 4.52. The highest BCUT2D eigenvalue weighted by Gasteiger charge is 2.48. The number of Topliss-reactive ketones (excluding diaryl/α,β-unsaturated/α-hetero) is 2. The second-order valence-electron chi connectivity index (χ2n) is 6.39. The lowest BCUT2D eigenvalue weighted by Crippen LogP contribution is -2.37. The number of benzene rings is 2. The van der Waals surface area contributed by atoms with E-state index in [0.717, 1.165) is 11.1 Å². The van der Waals surface area contributed by atoms with Gasteiger partial charge in [0.25, 0.3) is 0 Å². The molecular formula is C21H20O5. The van der Waals surface area contributed by atoms with Crippen LogP contribution >= 0.6 is 0 Å². The fraction of sp³-hybridized carbons (Fsp3) is 0.286. The first-order valence-corrected chi connectivity index (χ1v) is 8.60. The maximum atomic E-state index is 12.5. The Balaban J connectivity index is 1.61. The summed E-state index contributed by atoms with van der Waals surface area (Å²) in [7, 11) is 0. The number of ether oxygens (including phenoxy) is 1. The summed E-state index contributed by atoms with van der Waals surface area (Å²) in [6.45, 7) is 0. The standard InChI is InChI=1S/C21H20O5/c22-16(13-15-9-5-2-6-10-15)19(23)18-20(24)17(26-21(18)25)12-11-14-7-3-1-4-8-14/h1-10,16-18,22H,11-13H2/t16-,17+,18?/m1/s1. The maximum absolute atomic E-state index is 12.5. The number of rotatable bonds is 7. The van der Waals surface area contributed by atoms with Gasteiger partial charge < -0.3 is 9.84 Å². The number of ketones is 2. The van der Waals surface area contributed by atoms with E-state index < -0.39 is 35.7 Å². The van der Waals surface area contributed by atoms with E-state index in [1.807, 2.05) is 36.4 Å². The molecule has 0 aromatic heterocycles. The molecule has 1 fully saturated rings. The molecule has 2 aromatic carbocycles. The van der Waals surface area contributed by atoms with Crippen LogP contribution < -0.4 is 0 Å². The van der Waals surface area contributed by atoms with E-state index >= 15 is 0 Å². The van der Waals surface area contributed by atoms with Crippen molar-refractivity contribution in [3.8, 4) is 0 Å². The molecule has 134 valence electrons. The predicted octanol–water partition coefficient (Wildman–Crippen LogP) is 1.90. The molecular weight excluding hydrogens is 332 g/mol. The normalized spacial score (nSPS) is 20.7. The average molecular weight is 352 g/mol. The van der Waals surface area contributed by atoms with Crippen LogP contribution in [0.1, 0.15) is 17.5 Å². The minimum absolute atomic E-state index is 0.0609. The fourth-order valence-corrected chi connectivity index (χ4v) is 3.10. The molecule has 1 N–H and O–H groups in total. The quantitative estimate of drug-likeness (QED) is 0.608. The highest BCUT2D eigenvalue weighted by molar-refractivity contribution is 6.22. The van der Waals surface area contributed by atoms with Crippen LogP contribution in [0.3, 0.4) is 0 Å². The van der Waals surface area contributed by atoms with Gasteiger partial charge in [-0.2, -0.15) is 0 Å². The number of aryl methyl sites for hydroxylation is 1. The van der Waals surface area contributed by atoms with Gasteiger partial charge in [0.1, 0.15) is 6.10 Å². The lowest BCUT2D eigenvalue weighted by Gasteiger charge is -2.11. The van der Waals surface area contributed by atoms with Crippen molar-refractivity contribution < 1.29 is 24.2 Å². The maximum Gasteiger partial charge on any atom is 0.325 e. The number of carbonyl (C=O) groups excluding carboxylic acids is 3. The van der Waals surface area contributed by atoms with Gasteiger partial charge in [0, 0.05) is 6.42 Å². The summed E-state index contributed by atoms with van der Waals surface area (Å²) in [5, 5.41) is 10.2. The van der Waals surface area contributed by atoms with Gasteiger partial charge in [-0.1, -0.05) is 60.7 Å². The topological polar surface area (TPSA) is 80.7 Å². The summed E-state index contributed by atoms with van der Waals surface area (Å²) >= 11 is 0. The van der Waals surface area contributed by atoms with Gasteiger partial charge in [-0.05, 0) is 24.0 Å². The van der Waals surface area contributed by atoms with Gasteiger partial charge in [-0.25, -0.2) is 0 Å². The smallest absolute Gasteiger partial charge is 0.325 e. The highest BCUT2D eigenvalue weighted by Crippen LogP contribution is 2.24. The van der Waals surface area contributed by atoms with Gasteiger partial charge in [-0.15, -0.1) is 0 Å². The second kappa shape index (κ2) is 8.06. The first-order valence-electron chi connectivity index (χ1n) is 8.60. The Labute approximate surface area is 151 Å². The molecule has 0 bridgehead atoms. The van der Waals surface area contributed by atoms with E-state index in [1.54, 1.807) is 24.3 Å². The summed E-state index contributed by atoms with van der Waals surface area (Å²) in [5.41, 5.74) is 1.78. The molecule has 26 heavy (non-hydrogen) atoms. The van der Waals surface area contributed by atoms with Crippen molar-refractivity contribution in [1.82, 2.24) is 0 Å². The van der Waals surface area contributed by atoms with E-state index in [1.165, 1.54) is 0 Å². The predicted molar refractivity (Wildman–Crippen MR) is 94.3 cm³/mol. The van der Waals surface area contributed by atoms with Crippen molar-refractivity contribution in [3.05, 3.63) is 71.8 Å². The van der Waals surface area contributed by atoms with E-state index in [-0.39, 0.29) is 6.42 Å². The molecule has 1 unspecified atom stereocenters.